The number of hydrogen-bond acceptors (Lipinski definition) is 3. The van der Waals surface area contributed by atoms with E-state index in [0.717, 1.165) is 17.4 Å². The van der Waals surface area contributed by atoms with E-state index < -0.39 is 0 Å². The summed E-state index contributed by atoms with van der Waals surface area (Å²) in [6.45, 7) is 0.568. The number of aromatic nitrogens is 1. The molecule has 0 saturated heterocycles. The molecular weight excluding hydrogens is 284 g/mol. The van der Waals surface area contributed by atoms with Crippen molar-refractivity contribution in [1.82, 2.24) is 10.3 Å². The van der Waals surface area contributed by atoms with E-state index in [0.29, 0.717) is 12.1 Å². The fourth-order valence-corrected chi connectivity index (χ4v) is 2.11. The van der Waals surface area contributed by atoms with Gasteiger partial charge in [-0.3, -0.25) is 4.79 Å². The van der Waals surface area contributed by atoms with Crippen LogP contribution in [0.2, 0.25) is 0 Å². The van der Waals surface area contributed by atoms with Gasteiger partial charge in [0.25, 0.3) is 5.91 Å². The predicted molar refractivity (Wildman–Crippen MR) is 67.9 cm³/mol. The summed E-state index contributed by atoms with van der Waals surface area (Å²) < 4.78 is 6.16. The van der Waals surface area contributed by atoms with Crippen LogP contribution in [0.3, 0.4) is 0 Å². The van der Waals surface area contributed by atoms with Gasteiger partial charge in [-0.1, -0.05) is 0 Å². The molecule has 17 heavy (non-hydrogen) atoms. The summed E-state index contributed by atoms with van der Waals surface area (Å²) in [5.41, 5.74) is 0.428. The SMILES string of the molecule is COC1(CNC(=O)c2ccc(Br)nc2)CCC1. The van der Waals surface area contributed by atoms with Gasteiger partial charge in [-0.2, -0.15) is 0 Å². The van der Waals surface area contributed by atoms with Crippen LogP contribution in [-0.4, -0.2) is 30.1 Å². The standard InChI is InChI=1S/C12H15BrN2O2/c1-17-12(5-2-6-12)8-15-11(16)9-3-4-10(13)14-7-9/h3-4,7H,2,5-6,8H2,1H3,(H,15,16). The van der Waals surface area contributed by atoms with Gasteiger partial charge in [0, 0.05) is 19.9 Å². The van der Waals surface area contributed by atoms with E-state index in [1.165, 1.54) is 6.42 Å². The van der Waals surface area contributed by atoms with E-state index >= 15 is 0 Å². The Bertz CT molecular complexity index is 396. The van der Waals surface area contributed by atoms with Crippen molar-refractivity contribution < 1.29 is 9.53 Å². The summed E-state index contributed by atoms with van der Waals surface area (Å²) in [6, 6.07) is 3.50. The van der Waals surface area contributed by atoms with E-state index in [4.69, 9.17) is 4.74 Å². The van der Waals surface area contributed by atoms with Crippen molar-refractivity contribution in [3.05, 3.63) is 28.5 Å². The number of hydrogen-bond donors (Lipinski definition) is 1. The highest BCUT2D eigenvalue weighted by Crippen LogP contribution is 2.34. The molecular formula is C12H15BrN2O2. The van der Waals surface area contributed by atoms with Crippen LogP contribution in [0.5, 0.6) is 0 Å². The number of halogens is 1. The molecule has 92 valence electrons. The van der Waals surface area contributed by atoms with Crippen LogP contribution in [0.15, 0.2) is 22.9 Å². The molecule has 4 nitrogen and oxygen atoms in total. The molecule has 5 heteroatoms. The zero-order chi connectivity index (χ0) is 12.3. The van der Waals surface area contributed by atoms with Gasteiger partial charge in [0.15, 0.2) is 0 Å². The summed E-state index contributed by atoms with van der Waals surface area (Å²) in [4.78, 5) is 15.9. The van der Waals surface area contributed by atoms with Crippen LogP contribution in [0.1, 0.15) is 29.6 Å². The highest BCUT2D eigenvalue weighted by molar-refractivity contribution is 9.10. The molecule has 0 bridgehead atoms. The highest BCUT2D eigenvalue weighted by atomic mass is 79.9. The lowest BCUT2D eigenvalue weighted by Gasteiger charge is -2.40. The third-order valence-electron chi connectivity index (χ3n) is 3.26. The smallest absolute Gasteiger partial charge is 0.252 e. The number of ether oxygens (including phenoxy) is 1. The lowest BCUT2D eigenvalue weighted by Crippen LogP contribution is -2.49. The summed E-state index contributed by atoms with van der Waals surface area (Å²) in [5, 5.41) is 2.89. The van der Waals surface area contributed by atoms with Crippen molar-refractivity contribution in [3.63, 3.8) is 0 Å². The van der Waals surface area contributed by atoms with Crippen molar-refractivity contribution in [2.24, 2.45) is 0 Å². The Morgan fingerprint density at radius 2 is 2.35 bits per heavy atom. The topological polar surface area (TPSA) is 51.2 Å². The van der Waals surface area contributed by atoms with Gasteiger partial charge in [0.2, 0.25) is 0 Å². The zero-order valence-electron chi connectivity index (χ0n) is 9.70. The van der Waals surface area contributed by atoms with Gasteiger partial charge in [-0.25, -0.2) is 4.98 Å². The summed E-state index contributed by atoms with van der Waals surface area (Å²) in [7, 11) is 1.70. The first-order valence-corrected chi connectivity index (χ1v) is 6.39. The van der Waals surface area contributed by atoms with Crippen LogP contribution in [0.25, 0.3) is 0 Å². The monoisotopic (exact) mass is 298 g/mol. The maximum absolute atomic E-state index is 11.8. The molecule has 1 aromatic rings. The fourth-order valence-electron chi connectivity index (χ4n) is 1.88. The summed E-state index contributed by atoms with van der Waals surface area (Å²) in [5.74, 6) is -0.103. The Balaban J connectivity index is 1.91. The largest absolute Gasteiger partial charge is 0.376 e. The first-order valence-electron chi connectivity index (χ1n) is 5.60. The lowest BCUT2D eigenvalue weighted by molar-refractivity contribution is -0.0679. The molecule has 1 N–H and O–H groups in total. The minimum atomic E-state index is -0.140. The molecule has 1 aliphatic carbocycles. The Morgan fingerprint density at radius 3 is 2.82 bits per heavy atom. The molecule has 1 heterocycles. The van der Waals surface area contributed by atoms with Gasteiger partial charge in [0.1, 0.15) is 4.60 Å². The number of carbonyl (C=O) groups excluding carboxylic acids is 1. The Morgan fingerprint density at radius 1 is 1.59 bits per heavy atom. The third kappa shape index (κ3) is 2.84. The number of nitrogens with one attached hydrogen (secondary N) is 1. The molecule has 0 aromatic carbocycles. The normalized spacial score (nSPS) is 17.3. The van der Waals surface area contributed by atoms with Gasteiger partial charge in [0.05, 0.1) is 11.2 Å². The van der Waals surface area contributed by atoms with Crippen molar-refractivity contribution in [1.29, 1.82) is 0 Å². The molecule has 1 amide bonds. The number of carbonyl (C=O) groups is 1. The first kappa shape index (κ1) is 12.5. The average molecular weight is 299 g/mol. The number of methoxy groups -OCH3 is 1. The lowest BCUT2D eigenvalue weighted by atomic mass is 9.80. The zero-order valence-corrected chi connectivity index (χ0v) is 11.3. The number of amides is 1. The van der Waals surface area contributed by atoms with Crippen LogP contribution in [0, 0.1) is 0 Å². The van der Waals surface area contributed by atoms with Crippen LogP contribution in [0.4, 0.5) is 0 Å². The highest BCUT2D eigenvalue weighted by Gasteiger charge is 2.37. The molecule has 1 aliphatic rings. The van der Waals surface area contributed by atoms with Crippen LogP contribution in [-0.2, 0) is 4.74 Å². The minimum absolute atomic E-state index is 0.103. The number of pyridine rings is 1. The quantitative estimate of drug-likeness (QED) is 0.867. The summed E-state index contributed by atoms with van der Waals surface area (Å²) >= 11 is 3.23. The van der Waals surface area contributed by atoms with E-state index in [1.54, 1.807) is 25.4 Å². The van der Waals surface area contributed by atoms with E-state index in [1.807, 2.05) is 0 Å². The third-order valence-corrected chi connectivity index (χ3v) is 3.73. The predicted octanol–water partition coefficient (Wildman–Crippen LogP) is 2.14. The molecule has 0 unspecified atom stereocenters. The molecule has 0 spiro atoms. The summed E-state index contributed by atoms with van der Waals surface area (Å²) in [6.07, 6.45) is 4.76. The molecule has 1 aromatic heterocycles. The van der Waals surface area contributed by atoms with Crippen molar-refractivity contribution in [3.8, 4) is 0 Å². The Kier molecular flexibility index (Phi) is 3.79. The van der Waals surface area contributed by atoms with E-state index in [9.17, 15) is 4.79 Å². The van der Waals surface area contributed by atoms with E-state index in [2.05, 4.69) is 26.2 Å². The van der Waals surface area contributed by atoms with Crippen molar-refractivity contribution in [2.75, 3.05) is 13.7 Å². The van der Waals surface area contributed by atoms with Crippen LogP contribution >= 0.6 is 15.9 Å². The second kappa shape index (κ2) is 5.14. The second-order valence-electron chi connectivity index (χ2n) is 4.29. The van der Waals surface area contributed by atoms with E-state index in [-0.39, 0.29) is 11.5 Å². The maximum atomic E-state index is 11.8. The van der Waals surface area contributed by atoms with Gasteiger partial charge < -0.3 is 10.1 Å². The number of rotatable bonds is 4. The molecule has 0 radical (unpaired) electrons. The second-order valence-corrected chi connectivity index (χ2v) is 5.11. The van der Waals surface area contributed by atoms with Crippen molar-refractivity contribution >= 4 is 21.8 Å². The molecule has 1 saturated carbocycles. The van der Waals surface area contributed by atoms with Gasteiger partial charge >= 0.3 is 0 Å². The minimum Gasteiger partial charge on any atom is -0.376 e. The molecule has 2 rings (SSSR count). The molecule has 0 atom stereocenters. The Hall–Kier alpha value is -0.940. The van der Waals surface area contributed by atoms with Crippen molar-refractivity contribution in [2.45, 2.75) is 24.9 Å². The van der Waals surface area contributed by atoms with Crippen LogP contribution < -0.4 is 5.32 Å². The molecule has 0 aliphatic heterocycles. The average Bonchev–Trinajstić information content (AvgIpc) is 2.29. The first-order chi connectivity index (χ1) is 8.15. The maximum Gasteiger partial charge on any atom is 0.252 e. The molecule has 1 fully saturated rings. The Labute approximate surface area is 109 Å². The fraction of sp³-hybridized carbons (Fsp3) is 0.500. The number of nitrogens with zero attached hydrogens (tertiary/aromatic N) is 1. The van der Waals surface area contributed by atoms with Gasteiger partial charge in [-0.15, -0.1) is 0 Å². The van der Waals surface area contributed by atoms with Gasteiger partial charge in [-0.05, 0) is 47.3 Å².